The Bertz CT molecular complexity index is 317. The molecule has 0 aliphatic carbocycles. The zero-order chi connectivity index (χ0) is 10.4. The molecule has 1 rings (SSSR count). The summed E-state index contributed by atoms with van der Waals surface area (Å²) in [6.07, 6.45) is 1.50. The quantitative estimate of drug-likeness (QED) is 0.701. The van der Waals surface area contributed by atoms with Gasteiger partial charge in [0.15, 0.2) is 11.6 Å². The first-order valence-corrected chi connectivity index (χ1v) is 4.29. The number of anilines is 1. The van der Waals surface area contributed by atoms with Crippen LogP contribution in [-0.4, -0.2) is 24.0 Å². The molecule has 0 unspecified atom stereocenters. The number of aromatic nitrogens is 1. The molecule has 5 heteroatoms. The zero-order valence-corrected chi connectivity index (χ0v) is 7.88. The normalized spacial score (nSPS) is 9.57. The van der Waals surface area contributed by atoms with Crippen LogP contribution in [-0.2, 0) is 4.79 Å². The predicted molar refractivity (Wildman–Crippen MR) is 51.4 cm³/mol. The van der Waals surface area contributed by atoms with Crippen molar-refractivity contribution in [2.45, 2.75) is 6.92 Å². The average Bonchev–Trinajstić information content (AvgIpc) is 2.15. The molecule has 0 aliphatic heterocycles. The van der Waals surface area contributed by atoms with Gasteiger partial charge in [-0.2, -0.15) is 0 Å². The summed E-state index contributed by atoms with van der Waals surface area (Å²) in [6.45, 7) is 2.33. The summed E-state index contributed by atoms with van der Waals surface area (Å²) in [5.74, 6) is -0.290. The van der Waals surface area contributed by atoms with Crippen LogP contribution in [0, 0.1) is 5.82 Å². The molecule has 76 valence electrons. The number of rotatable bonds is 4. The van der Waals surface area contributed by atoms with Gasteiger partial charge in [-0.25, -0.2) is 9.37 Å². The van der Waals surface area contributed by atoms with Crippen LogP contribution in [0.15, 0.2) is 18.3 Å². The Hall–Kier alpha value is -1.65. The molecule has 1 aromatic heterocycles. The van der Waals surface area contributed by atoms with Crippen LogP contribution in [0.2, 0.25) is 0 Å². The highest BCUT2D eigenvalue weighted by molar-refractivity contribution is 5.72. The maximum atomic E-state index is 13.0. The van der Waals surface area contributed by atoms with Crippen LogP contribution < -0.4 is 10.6 Å². The zero-order valence-electron chi connectivity index (χ0n) is 7.88. The third-order valence-corrected chi connectivity index (χ3v) is 1.55. The number of halogens is 1. The van der Waals surface area contributed by atoms with Gasteiger partial charge in [-0.15, -0.1) is 0 Å². The minimum Gasteiger partial charge on any atom is -0.366 e. The number of carbonyl (C=O) groups is 1. The second-order valence-corrected chi connectivity index (χ2v) is 2.74. The van der Waals surface area contributed by atoms with E-state index in [9.17, 15) is 9.18 Å². The van der Waals surface area contributed by atoms with Crippen LogP contribution in [0.5, 0.6) is 0 Å². The fourth-order valence-electron chi connectivity index (χ4n) is 0.935. The van der Waals surface area contributed by atoms with E-state index in [0.29, 0.717) is 13.1 Å². The van der Waals surface area contributed by atoms with E-state index >= 15 is 0 Å². The molecule has 1 amide bonds. The molecule has 0 bridgehead atoms. The van der Waals surface area contributed by atoms with E-state index < -0.39 is 5.82 Å². The van der Waals surface area contributed by atoms with Crippen molar-refractivity contribution in [3.8, 4) is 0 Å². The molecular weight excluding hydrogens is 185 g/mol. The van der Waals surface area contributed by atoms with Crippen molar-refractivity contribution < 1.29 is 9.18 Å². The van der Waals surface area contributed by atoms with Crippen LogP contribution in [0.4, 0.5) is 10.2 Å². The predicted octanol–water partition coefficient (Wildman–Crippen LogP) is 0.769. The molecule has 0 atom stereocenters. The van der Waals surface area contributed by atoms with E-state index in [1.165, 1.54) is 25.3 Å². The second-order valence-electron chi connectivity index (χ2n) is 2.74. The van der Waals surface area contributed by atoms with E-state index in [1.807, 2.05) is 0 Å². The van der Waals surface area contributed by atoms with Crippen LogP contribution in [0.25, 0.3) is 0 Å². The molecule has 1 aromatic rings. The molecule has 4 nitrogen and oxygen atoms in total. The maximum absolute atomic E-state index is 13.0. The van der Waals surface area contributed by atoms with Gasteiger partial charge < -0.3 is 10.6 Å². The monoisotopic (exact) mass is 197 g/mol. The minimum absolute atomic E-state index is 0.103. The number of hydrogen-bond donors (Lipinski definition) is 2. The van der Waals surface area contributed by atoms with Crippen LogP contribution in [0.1, 0.15) is 6.92 Å². The molecule has 1 heterocycles. The highest BCUT2D eigenvalue weighted by Gasteiger charge is 1.99. The maximum Gasteiger partial charge on any atom is 0.216 e. The Balaban J connectivity index is 2.31. The lowest BCUT2D eigenvalue weighted by Crippen LogP contribution is -2.26. The lowest BCUT2D eigenvalue weighted by Gasteiger charge is -2.05. The van der Waals surface area contributed by atoms with Crippen molar-refractivity contribution in [1.82, 2.24) is 10.3 Å². The summed E-state index contributed by atoms with van der Waals surface area (Å²) < 4.78 is 13.0. The van der Waals surface area contributed by atoms with Gasteiger partial charge in [0.1, 0.15) is 0 Å². The van der Waals surface area contributed by atoms with Crippen molar-refractivity contribution in [2.24, 2.45) is 0 Å². The largest absolute Gasteiger partial charge is 0.366 e. The van der Waals surface area contributed by atoms with Gasteiger partial charge in [0.05, 0.1) is 0 Å². The van der Waals surface area contributed by atoms with Gasteiger partial charge in [-0.3, -0.25) is 4.79 Å². The molecule has 0 aromatic carbocycles. The molecule has 0 aliphatic rings. The number of hydrogen-bond acceptors (Lipinski definition) is 3. The molecule has 14 heavy (non-hydrogen) atoms. The molecular formula is C9H12FN3O. The first-order chi connectivity index (χ1) is 6.70. The van der Waals surface area contributed by atoms with Crippen LogP contribution >= 0.6 is 0 Å². The lowest BCUT2D eigenvalue weighted by molar-refractivity contribution is -0.118. The topological polar surface area (TPSA) is 54.0 Å². The van der Waals surface area contributed by atoms with E-state index in [2.05, 4.69) is 15.6 Å². The Morgan fingerprint density at radius 3 is 3.00 bits per heavy atom. The highest BCUT2D eigenvalue weighted by Crippen LogP contribution is 2.06. The Labute approximate surface area is 81.5 Å². The number of carbonyl (C=O) groups excluding carboxylic acids is 1. The summed E-state index contributed by atoms with van der Waals surface area (Å²) in [4.78, 5) is 14.3. The number of amides is 1. The standard InChI is InChI=1S/C9H12FN3O/c1-7(14)11-5-6-13-9-8(10)3-2-4-12-9/h2-4H,5-6H2,1H3,(H,11,14)(H,12,13). The van der Waals surface area contributed by atoms with Crippen molar-refractivity contribution >= 4 is 11.7 Å². The third kappa shape index (κ3) is 3.38. The summed E-state index contributed by atoms with van der Waals surface area (Å²) in [6, 6.07) is 2.85. The number of nitrogens with zero attached hydrogens (tertiary/aromatic N) is 1. The van der Waals surface area contributed by atoms with E-state index in [1.54, 1.807) is 0 Å². The Morgan fingerprint density at radius 1 is 1.57 bits per heavy atom. The SMILES string of the molecule is CC(=O)NCCNc1ncccc1F. The molecule has 0 fully saturated rings. The van der Waals surface area contributed by atoms with Gasteiger partial charge in [0.25, 0.3) is 0 Å². The molecule has 0 saturated carbocycles. The van der Waals surface area contributed by atoms with Crippen molar-refractivity contribution in [2.75, 3.05) is 18.4 Å². The molecule has 2 N–H and O–H groups in total. The third-order valence-electron chi connectivity index (χ3n) is 1.55. The highest BCUT2D eigenvalue weighted by atomic mass is 19.1. The summed E-state index contributed by atoms with van der Waals surface area (Å²) in [5, 5.41) is 5.35. The van der Waals surface area contributed by atoms with E-state index in [4.69, 9.17) is 0 Å². The summed E-state index contributed by atoms with van der Waals surface area (Å²) in [5.41, 5.74) is 0. The molecule has 0 spiro atoms. The fourth-order valence-corrected chi connectivity index (χ4v) is 0.935. The van der Waals surface area contributed by atoms with Gasteiger partial charge in [0, 0.05) is 26.2 Å². The summed E-state index contributed by atoms with van der Waals surface area (Å²) in [7, 11) is 0. The van der Waals surface area contributed by atoms with Crippen molar-refractivity contribution in [3.05, 3.63) is 24.1 Å². The van der Waals surface area contributed by atoms with E-state index in [-0.39, 0.29) is 11.7 Å². The Kier molecular flexibility index (Phi) is 3.84. The first kappa shape index (κ1) is 10.4. The van der Waals surface area contributed by atoms with Gasteiger partial charge in [-0.1, -0.05) is 0 Å². The van der Waals surface area contributed by atoms with Gasteiger partial charge in [0.2, 0.25) is 5.91 Å². The smallest absolute Gasteiger partial charge is 0.216 e. The average molecular weight is 197 g/mol. The summed E-state index contributed by atoms with van der Waals surface area (Å²) >= 11 is 0. The molecule has 0 radical (unpaired) electrons. The molecule has 0 saturated heterocycles. The van der Waals surface area contributed by atoms with E-state index in [0.717, 1.165) is 0 Å². The van der Waals surface area contributed by atoms with Crippen LogP contribution in [0.3, 0.4) is 0 Å². The lowest BCUT2D eigenvalue weighted by atomic mass is 10.4. The fraction of sp³-hybridized carbons (Fsp3) is 0.333. The van der Waals surface area contributed by atoms with Crippen molar-refractivity contribution in [1.29, 1.82) is 0 Å². The first-order valence-electron chi connectivity index (χ1n) is 4.29. The second kappa shape index (κ2) is 5.16. The van der Waals surface area contributed by atoms with Gasteiger partial charge >= 0.3 is 0 Å². The number of pyridine rings is 1. The van der Waals surface area contributed by atoms with Crippen molar-refractivity contribution in [3.63, 3.8) is 0 Å². The Morgan fingerprint density at radius 2 is 2.36 bits per heavy atom. The minimum atomic E-state index is -0.393. The number of nitrogens with one attached hydrogen (secondary N) is 2. The van der Waals surface area contributed by atoms with Gasteiger partial charge in [-0.05, 0) is 12.1 Å².